The first-order chi connectivity index (χ1) is 6.40. The lowest BCUT2D eigenvalue weighted by Gasteiger charge is -2.58. The number of halogens is 1. The quantitative estimate of drug-likeness (QED) is 0.656. The number of hydrogen-bond acceptors (Lipinski definition) is 2. The van der Waals surface area contributed by atoms with E-state index in [-0.39, 0.29) is 18.3 Å². The van der Waals surface area contributed by atoms with E-state index in [9.17, 15) is 14.0 Å². The minimum absolute atomic E-state index is 0.0884. The molecule has 2 aliphatic carbocycles. The van der Waals surface area contributed by atoms with Gasteiger partial charge in [-0.1, -0.05) is 0 Å². The van der Waals surface area contributed by atoms with Gasteiger partial charge in [0.05, 0.1) is 0 Å². The lowest BCUT2D eigenvalue weighted by molar-refractivity contribution is -0.197. The van der Waals surface area contributed by atoms with Crippen LogP contribution in [0.25, 0.3) is 0 Å². The number of aliphatic carboxylic acids is 2. The van der Waals surface area contributed by atoms with Gasteiger partial charge < -0.3 is 10.2 Å². The molecule has 0 amide bonds. The van der Waals surface area contributed by atoms with Crippen LogP contribution in [0.5, 0.6) is 0 Å². The van der Waals surface area contributed by atoms with E-state index in [1.54, 1.807) is 0 Å². The van der Waals surface area contributed by atoms with Gasteiger partial charge in [0.25, 0.3) is 0 Å². The van der Waals surface area contributed by atoms with Crippen LogP contribution >= 0.6 is 0 Å². The molecule has 0 radical (unpaired) electrons. The van der Waals surface area contributed by atoms with Crippen LogP contribution in [-0.2, 0) is 9.59 Å². The Labute approximate surface area is 79.7 Å². The third-order valence-corrected chi connectivity index (χ3v) is 3.48. The molecule has 78 valence electrons. The lowest BCUT2D eigenvalue weighted by atomic mass is 9.45. The molecule has 0 unspecified atom stereocenters. The van der Waals surface area contributed by atoms with Crippen LogP contribution in [0, 0.1) is 10.8 Å². The first kappa shape index (κ1) is 9.43. The van der Waals surface area contributed by atoms with Crippen molar-refractivity contribution in [2.24, 2.45) is 10.8 Å². The highest BCUT2D eigenvalue weighted by Gasteiger charge is 2.67. The fourth-order valence-electron chi connectivity index (χ4n) is 2.79. The Kier molecular flexibility index (Phi) is 1.66. The molecule has 2 N–H and O–H groups in total. The second-order valence-corrected chi connectivity index (χ2v) is 4.55. The lowest BCUT2D eigenvalue weighted by Crippen LogP contribution is -2.60. The van der Waals surface area contributed by atoms with E-state index >= 15 is 0 Å². The molecule has 0 aromatic heterocycles. The SMILES string of the molecule is O=C(O)C1(C(=O)O)CC2(CC(F)C2)C1. The molecule has 0 heterocycles. The molecular weight excluding hydrogens is 191 g/mol. The molecule has 2 fully saturated rings. The van der Waals surface area contributed by atoms with E-state index in [1.165, 1.54) is 0 Å². The van der Waals surface area contributed by atoms with Crippen molar-refractivity contribution < 1.29 is 24.2 Å². The van der Waals surface area contributed by atoms with Gasteiger partial charge >= 0.3 is 11.9 Å². The number of hydrogen-bond donors (Lipinski definition) is 2. The average molecular weight is 202 g/mol. The van der Waals surface area contributed by atoms with E-state index in [0.717, 1.165) is 0 Å². The van der Waals surface area contributed by atoms with Crippen LogP contribution in [0.15, 0.2) is 0 Å². The summed E-state index contributed by atoms with van der Waals surface area (Å²) >= 11 is 0. The van der Waals surface area contributed by atoms with Crippen molar-refractivity contribution in [2.75, 3.05) is 0 Å². The predicted molar refractivity (Wildman–Crippen MR) is 43.5 cm³/mol. The van der Waals surface area contributed by atoms with Crippen LogP contribution < -0.4 is 0 Å². The van der Waals surface area contributed by atoms with Crippen LogP contribution in [0.1, 0.15) is 25.7 Å². The number of carboxylic acid groups (broad SMARTS) is 2. The second kappa shape index (κ2) is 2.46. The summed E-state index contributed by atoms with van der Waals surface area (Å²) in [5.74, 6) is -2.59. The van der Waals surface area contributed by atoms with Gasteiger partial charge in [0.1, 0.15) is 6.17 Å². The summed E-state index contributed by atoms with van der Waals surface area (Å²) in [7, 11) is 0. The molecule has 0 aromatic rings. The minimum atomic E-state index is -1.64. The van der Waals surface area contributed by atoms with Gasteiger partial charge in [0.2, 0.25) is 0 Å². The predicted octanol–water partition coefficient (Wildman–Crippen LogP) is 1.05. The largest absolute Gasteiger partial charge is 0.480 e. The average Bonchev–Trinajstić information content (AvgIpc) is 1.91. The molecule has 5 heteroatoms. The zero-order valence-electron chi connectivity index (χ0n) is 7.49. The maximum atomic E-state index is 12.6. The van der Waals surface area contributed by atoms with E-state index in [2.05, 4.69) is 0 Å². The molecule has 1 spiro atoms. The summed E-state index contributed by atoms with van der Waals surface area (Å²) in [6.45, 7) is 0. The molecule has 14 heavy (non-hydrogen) atoms. The summed E-state index contributed by atoms with van der Waals surface area (Å²) in [5, 5.41) is 17.6. The molecule has 0 saturated heterocycles. The fraction of sp³-hybridized carbons (Fsp3) is 0.778. The van der Waals surface area contributed by atoms with Gasteiger partial charge in [-0.15, -0.1) is 0 Å². The summed E-state index contributed by atoms with van der Waals surface area (Å²) in [6, 6.07) is 0. The van der Waals surface area contributed by atoms with Crippen molar-refractivity contribution in [1.82, 2.24) is 0 Å². The van der Waals surface area contributed by atoms with E-state index in [1.807, 2.05) is 0 Å². The topological polar surface area (TPSA) is 74.6 Å². The monoisotopic (exact) mass is 202 g/mol. The maximum absolute atomic E-state index is 12.6. The zero-order chi connectivity index (χ0) is 10.6. The molecular formula is C9H11FO4. The van der Waals surface area contributed by atoms with Crippen LogP contribution in [0.3, 0.4) is 0 Å². The van der Waals surface area contributed by atoms with Crippen molar-refractivity contribution in [3.05, 3.63) is 0 Å². The number of carboxylic acids is 2. The minimum Gasteiger partial charge on any atom is -0.480 e. The Bertz CT molecular complexity index is 282. The number of alkyl halides is 1. The smallest absolute Gasteiger partial charge is 0.321 e. The highest BCUT2D eigenvalue weighted by molar-refractivity contribution is 5.99. The zero-order valence-corrected chi connectivity index (χ0v) is 7.49. The Hall–Kier alpha value is -1.13. The van der Waals surface area contributed by atoms with Crippen LogP contribution in [-0.4, -0.2) is 28.3 Å². The molecule has 4 nitrogen and oxygen atoms in total. The second-order valence-electron chi connectivity index (χ2n) is 4.55. The Morgan fingerprint density at radius 2 is 1.57 bits per heavy atom. The first-order valence-electron chi connectivity index (χ1n) is 4.51. The summed E-state index contributed by atoms with van der Waals surface area (Å²) < 4.78 is 12.6. The van der Waals surface area contributed by atoms with E-state index in [0.29, 0.717) is 12.8 Å². The molecule has 0 aromatic carbocycles. The van der Waals surface area contributed by atoms with Crippen LogP contribution in [0.2, 0.25) is 0 Å². The summed E-state index contributed by atoms with van der Waals surface area (Å²) in [4.78, 5) is 21.6. The van der Waals surface area contributed by atoms with Gasteiger partial charge in [-0.05, 0) is 31.1 Å². The first-order valence-corrected chi connectivity index (χ1v) is 4.51. The van der Waals surface area contributed by atoms with Crippen molar-refractivity contribution >= 4 is 11.9 Å². The number of rotatable bonds is 2. The number of carbonyl (C=O) groups is 2. The summed E-state index contributed by atoms with van der Waals surface area (Å²) in [6.07, 6.45) is -0.0311. The van der Waals surface area contributed by atoms with Crippen molar-refractivity contribution in [1.29, 1.82) is 0 Å². The van der Waals surface area contributed by atoms with E-state index < -0.39 is 23.5 Å². The highest BCUT2D eigenvalue weighted by Crippen LogP contribution is 2.65. The van der Waals surface area contributed by atoms with Gasteiger partial charge in [0.15, 0.2) is 5.41 Å². The Balaban J connectivity index is 2.08. The van der Waals surface area contributed by atoms with Crippen molar-refractivity contribution in [2.45, 2.75) is 31.9 Å². The normalized spacial score (nSPS) is 27.8. The third-order valence-electron chi connectivity index (χ3n) is 3.48. The Morgan fingerprint density at radius 1 is 1.14 bits per heavy atom. The molecule has 2 aliphatic rings. The molecule has 0 bridgehead atoms. The third kappa shape index (κ3) is 0.980. The Morgan fingerprint density at radius 3 is 1.86 bits per heavy atom. The molecule has 2 rings (SSSR count). The molecule has 0 atom stereocenters. The highest BCUT2D eigenvalue weighted by atomic mass is 19.1. The summed E-state index contributed by atoms with van der Waals surface area (Å²) in [5.41, 5.74) is -1.96. The van der Waals surface area contributed by atoms with E-state index in [4.69, 9.17) is 10.2 Å². The van der Waals surface area contributed by atoms with Gasteiger partial charge in [0, 0.05) is 0 Å². The van der Waals surface area contributed by atoms with Crippen molar-refractivity contribution in [3.63, 3.8) is 0 Å². The maximum Gasteiger partial charge on any atom is 0.321 e. The molecule has 2 saturated carbocycles. The van der Waals surface area contributed by atoms with Crippen molar-refractivity contribution in [3.8, 4) is 0 Å². The van der Waals surface area contributed by atoms with Gasteiger partial charge in [-0.2, -0.15) is 0 Å². The van der Waals surface area contributed by atoms with Gasteiger partial charge in [-0.25, -0.2) is 4.39 Å². The fourth-order valence-corrected chi connectivity index (χ4v) is 2.79. The van der Waals surface area contributed by atoms with Crippen LogP contribution in [0.4, 0.5) is 4.39 Å². The van der Waals surface area contributed by atoms with Gasteiger partial charge in [-0.3, -0.25) is 9.59 Å². The molecule has 0 aliphatic heterocycles. The standard InChI is InChI=1S/C9H11FO4/c10-5-1-8(2-5)3-9(4-8,6(11)12)7(13)14/h5H,1-4H2,(H,11,12)(H,13,14).